The van der Waals surface area contributed by atoms with E-state index in [1.165, 1.54) is 16.7 Å². The lowest BCUT2D eigenvalue weighted by Crippen LogP contribution is -2.49. The number of carbonyl (C=O) groups excluding carboxylic acids is 2. The first-order valence-corrected chi connectivity index (χ1v) is 19.6. The number of carbonyl (C=O) groups is 2. The average Bonchev–Trinajstić information content (AvgIpc) is 3.51. The molecule has 10 nitrogen and oxygen atoms in total. The number of rotatable bonds is 3. The second kappa shape index (κ2) is 14.1. The molecular weight excluding hydrogens is 641 g/mol. The maximum atomic E-state index is 14.4. The van der Waals surface area contributed by atoms with Gasteiger partial charge in [0.25, 0.3) is 5.91 Å². The summed E-state index contributed by atoms with van der Waals surface area (Å²) < 4.78 is 39.3. The van der Waals surface area contributed by atoms with E-state index in [1.807, 2.05) is 19.1 Å². The van der Waals surface area contributed by atoms with Crippen molar-refractivity contribution in [2.75, 3.05) is 50.7 Å². The fourth-order valence-electron chi connectivity index (χ4n) is 8.54. The van der Waals surface area contributed by atoms with Crippen molar-refractivity contribution in [1.29, 1.82) is 0 Å². The molecule has 0 aromatic heterocycles. The van der Waals surface area contributed by atoms with E-state index in [2.05, 4.69) is 56.6 Å². The van der Waals surface area contributed by atoms with Crippen molar-refractivity contribution < 1.29 is 28.0 Å². The average molecular weight is 691 g/mol. The van der Waals surface area contributed by atoms with Crippen molar-refractivity contribution in [1.82, 2.24) is 10.0 Å². The Kier molecular flexibility index (Phi) is 9.78. The minimum atomic E-state index is -3.47. The Morgan fingerprint density at radius 1 is 1.16 bits per heavy atom. The predicted molar refractivity (Wildman–Crippen MR) is 191 cm³/mol. The lowest BCUT2D eigenvalue weighted by atomic mass is 9.68. The van der Waals surface area contributed by atoms with Crippen LogP contribution in [-0.4, -0.2) is 74.1 Å². The molecule has 2 fully saturated rings. The molecule has 1 saturated carbocycles. The van der Waals surface area contributed by atoms with Crippen LogP contribution in [0.4, 0.5) is 10.5 Å². The van der Waals surface area contributed by atoms with Crippen LogP contribution in [0.3, 0.4) is 0 Å². The molecule has 5 aliphatic rings. The second-order valence-electron chi connectivity index (χ2n) is 15.0. The number of allylic oxidation sites excluding steroid dienone is 1. The first-order valence-electron chi connectivity index (χ1n) is 17.9. The summed E-state index contributed by atoms with van der Waals surface area (Å²) in [5.74, 6) is 0.808. The zero-order valence-corrected chi connectivity index (χ0v) is 29.8. The number of benzene rings is 2. The van der Waals surface area contributed by atoms with Gasteiger partial charge in [0.05, 0.1) is 36.8 Å². The highest BCUT2D eigenvalue weighted by atomic mass is 32.2. The SMILES string of the molecule is CO[C@H]1/C=C/C[C@H](C)CS(=O)(NC(=O)N[C@H]2CCOC2)=NC(=O)c2ccc3c(c2)N(C[C@@H]2CC[C@H]21)C[C@@]1(CCCc2cc(C)ccc21)CO3. The van der Waals surface area contributed by atoms with Crippen LogP contribution in [-0.2, 0) is 31.2 Å². The van der Waals surface area contributed by atoms with Gasteiger partial charge in [-0.1, -0.05) is 42.8 Å². The number of fused-ring (bicyclic) bond motifs is 4. The topological polar surface area (TPSA) is 119 Å². The monoisotopic (exact) mass is 690 g/mol. The Morgan fingerprint density at radius 3 is 2.82 bits per heavy atom. The van der Waals surface area contributed by atoms with Crippen LogP contribution < -0.4 is 19.7 Å². The number of nitrogens with one attached hydrogen (secondary N) is 2. The van der Waals surface area contributed by atoms with Crippen LogP contribution in [0.1, 0.15) is 72.5 Å². The quantitative estimate of drug-likeness (QED) is 0.396. The Labute approximate surface area is 290 Å². The van der Waals surface area contributed by atoms with Gasteiger partial charge >= 0.3 is 6.03 Å². The minimum absolute atomic E-state index is 0.0307. The molecule has 3 aliphatic heterocycles. The minimum Gasteiger partial charge on any atom is -0.490 e. The number of nitrogens with zero attached hydrogens (tertiary/aromatic N) is 2. The molecule has 264 valence electrons. The van der Waals surface area contributed by atoms with Crippen LogP contribution in [0.15, 0.2) is 52.9 Å². The maximum absolute atomic E-state index is 14.4. The second-order valence-corrected chi connectivity index (χ2v) is 17.0. The number of ether oxygens (including phenoxy) is 3. The van der Waals surface area contributed by atoms with Crippen molar-refractivity contribution in [2.45, 2.75) is 76.4 Å². The molecule has 0 radical (unpaired) electrons. The zero-order valence-electron chi connectivity index (χ0n) is 29.0. The van der Waals surface area contributed by atoms with Crippen LogP contribution in [0.25, 0.3) is 0 Å². The fourth-order valence-corrected chi connectivity index (χ4v) is 10.4. The lowest BCUT2D eigenvalue weighted by Gasteiger charge is -2.46. The third kappa shape index (κ3) is 7.25. The third-order valence-corrected chi connectivity index (χ3v) is 13.2. The van der Waals surface area contributed by atoms with Gasteiger partial charge in [-0.05, 0) is 98.9 Å². The molecule has 11 heteroatoms. The smallest absolute Gasteiger partial charge is 0.327 e. The Balaban J connectivity index is 1.28. The van der Waals surface area contributed by atoms with Crippen molar-refractivity contribution in [3.63, 3.8) is 0 Å². The zero-order chi connectivity index (χ0) is 34.2. The molecule has 7 atom stereocenters. The molecule has 7 rings (SSSR count). The van der Waals surface area contributed by atoms with Crippen molar-refractivity contribution >= 4 is 27.5 Å². The van der Waals surface area contributed by atoms with Gasteiger partial charge in [-0.2, -0.15) is 0 Å². The summed E-state index contributed by atoms with van der Waals surface area (Å²) >= 11 is 0. The highest BCUT2D eigenvalue weighted by Crippen LogP contribution is 2.47. The number of anilines is 1. The molecule has 2 aliphatic carbocycles. The molecule has 1 spiro atoms. The summed E-state index contributed by atoms with van der Waals surface area (Å²) in [4.78, 5) is 29.4. The van der Waals surface area contributed by atoms with E-state index in [0.717, 1.165) is 56.6 Å². The van der Waals surface area contributed by atoms with Gasteiger partial charge in [-0.15, -0.1) is 4.36 Å². The van der Waals surface area contributed by atoms with Gasteiger partial charge in [0.2, 0.25) is 0 Å². The van der Waals surface area contributed by atoms with Gasteiger partial charge in [0, 0.05) is 37.8 Å². The predicted octanol–water partition coefficient (Wildman–Crippen LogP) is 5.72. The Bertz CT molecular complexity index is 1730. The number of hydrogen-bond acceptors (Lipinski definition) is 7. The maximum Gasteiger partial charge on any atom is 0.327 e. The first-order chi connectivity index (χ1) is 23.6. The van der Waals surface area contributed by atoms with Crippen molar-refractivity contribution in [3.05, 3.63) is 70.8 Å². The first kappa shape index (κ1) is 34.1. The fraction of sp³-hybridized carbons (Fsp3) is 0.579. The largest absolute Gasteiger partial charge is 0.490 e. The van der Waals surface area contributed by atoms with Crippen LogP contribution in [0.2, 0.25) is 0 Å². The van der Waals surface area contributed by atoms with E-state index in [9.17, 15) is 13.8 Å². The van der Waals surface area contributed by atoms with E-state index in [1.54, 1.807) is 13.2 Å². The normalized spacial score (nSPS) is 33.6. The molecule has 2 N–H and O–H groups in total. The summed E-state index contributed by atoms with van der Waals surface area (Å²) in [7, 11) is -1.69. The van der Waals surface area contributed by atoms with Crippen LogP contribution in [0, 0.1) is 24.7 Å². The lowest BCUT2D eigenvalue weighted by molar-refractivity contribution is 0.0131. The van der Waals surface area contributed by atoms with Gasteiger partial charge in [-0.3, -0.25) is 9.52 Å². The van der Waals surface area contributed by atoms with E-state index in [-0.39, 0.29) is 29.2 Å². The number of aryl methyl sites for hydroxylation is 2. The highest BCUT2D eigenvalue weighted by Gasteiger charge is 2.44. The molecular formula is C38H50N4O6S. The van der Waals surface area contributed by atoms with E-state index in [4.69, 9.17) is 14.2 Å². The van der Waals surface area contributed by atoms with Crippen LogP contribution >= 0.6 is 0 Å². The van der Waals surface area contributed by atoms with Gasteiger partial charge in [-0.25, -0.2) is 9.00 Å². The molecule has 1 saturated heterocycles. The molecule has 3 heterocycles. The van der Waals surface area contributed by atoms with Gasteiger partial charge < -0.3 is 24.4 Å². The molecule has 2 aromatic carbocycles. The molecule has 1 unspecified atom stereocenters. The number of hydrogen-bond donors (Lipinski definition) is 2. The summed E-state index contributed by atoms with van der Waals surface area (Å²) in [6.45, 7) is 7.20. The summed E-state index contributed by atoms with van der Waals surface area (Å²) in [6, 6.07) is 11.5. The highest BCUT2D eigenvalue weighted by molar-refractivity contribution is 7.92. The third-order valence-electron chi connectivity index (χ3n) is 11.2. The standard InChI is InChI=1S/C38H50N4O6S/c1-25-9-13-32-27(18-25)7-5-16-38(32)23-42-20-29-10-12-31(29)34(46-3)8-4-6-26(2)22-49(45,41-37(44)39-30-15-17-47-21-30)40-36(43)28-11-14-35(48-24-38)33(42)19-28/h4,8-9,11,13-14,18-19,26,29-31,34H,5-7,10,12,15-17,20-24H2,1-3H3,(H2,39,40,41,43,44,45)/b8-4+/t26-,29-,30-,31+,34-,38-,49?/m0/s1. The summed E-state index contributed by atoms with van der Waals surface area (Å²) in [5, 5.41) is 2.83. The number of urea groups is 1. The van der Waals surface area contributed by atoms with E-state index >= 15 is 0 Å². The summed E-state index contributed by atoms with van der Waals surface area (Å²) in [6.07, 6.45) is 10.9. The number of amides is 3. The summed E-state index contributed by atoms with van der Waals surface area (Å²) in [5.41, 5.74) is 5.01. The van der Waals surface area contributed by atoms with E-state index < -0.39 is 21.9 Å². The van der Waals surface area contributed by atoms with Gasteiger partial charge in [0.1, 0.15) is 15.7 Å². The molecule has 2 aromatic rings. The number of methoxy groups -OCH3 is 1. The van der Waals surface area contributed by atoms with E-state index in [0.29, 0.717) is 50.1 Å². The van der Waals surface area contributed by atoms with Crippen molar-refractivity contribution in [2.24, 2.45) is 22.1 Å². The van der Waals surface area contributed by atoms with Crippen molar-refractivity contribution in [3.8, 4) is 5.75 Å². The Hall–Kier alpha value is -3.41. The molecule has 3 amide bonds. The van der Waals surface area contributed by atoms with Gasteiger partial charge in [0.15, 0.2) is 0 Å². The van der Waals surface area contributed by atoms with Crippen LogP contribution in [0.5, 0.6) is 5.75 Å². The molecule has 49 heavy (non-hydrogen) atoms. The molecule has 2 bridgehead atoms. The Morgan fingerprint density at radius 2 is 2.04 bits per heavy atom.